The van der Waals surface area contributed by atoms with Gasteiger partial charge in [-0.25, -0.2) is 4.79 Å². The molecule has 3 rings (SSSR count). The first-order chi connectivity index (χ1) is 17.7. The zero-order valence-corrected chi connectivity index (χ0v) is 21.4. The highest BCUT2D eigenvalue weighted by Gasteiger charge is 2.38. The summed E-state index contributed by atoms with van der Waals surface area (Å²) in [5, 5.41) is 20.9. The number of halogens is 4. The van der Waals surface area contributed by atoms with E-state index < -0.39 is 18.2 Å². The lowest BCUT2D eigenvalue weighted by Crippen LogP contribution is -2.35. The molecule has 0 spiro atoms. The number of hydrogen-bond acceptors (Lipinski definition) is 7. The number of aliphatic hydroxyl groups is 1. The third kappa shape index (κ3) is 10.6. The van der Waals surface area contributed by atoms with Crippen LogP contribution < -0.4 is 14.8 Å². The van der Waals surface area contributed by atoms with Gasteiger partial charge in [-0.05, 0) is 55.8 Å². The van der Waals surface area contributed by atoms with Gasteiger partial charge < -0.3 is 25.0 Å². The van der Waals surface area contributed by atoms with Crippen molar-refractivity contribution in [1.29, 1.82) is 0 Å². The zero-order chi connectivity index (χ0) is 28.5. The number of alkyl halides is 3. The number of ketones is 1. The molecular formula is C25H28ClF3N2O7. The molecule has 1 amide bonds. The number of β-amino-alcohol motifs (C(OH)–C–C–N with tert-alkyl or cyclic N) is 1. The molecule has 1 saturated heterocycles. The molecule has 1 aliphatic heterocycles. The van der Waals surface area contributed by atoms with Gasteiger partial charge >= 0.3 is 12.1 Å². The predicted octanol–water partition coefficient (Wildman–Crippen LogP) is 4.03. The van der Waals surface area contributed by atoms with Crippen LogP contribution >= 0.6 is 11.6 Å². The minimum absolute atomic E-state index is 0.0554. The Morgan fingerprint density at radius 1 is 1.16 bits per heavy atom. The maximum Gasteiger partial charge on any atom is 0.490 e. The van der Waals surface area contributed by atoms with E-state index in [0.29, 0.717) is 35.1 Å². The van der Waals surface area contributed by atoms with Gasteiger partial charge in [0.05, 0.1) is 5.69 Å². The van der Waals surface area contributed by atoms with E-state index in [1.807, 2.05) is 12.1 Å². The summed E-state index contributed by atoms with van der Waals surface area (Å²) in [5.41, 5.74) is 0.880. The molecule has 1 heterocycles. The van der Waals surface area contributed by atoms with Crippen LogP contribution in [0.3, 0.4) is 0 Å². The van der Waals surface area contributed by atoms with Gasteiger partial charge in [0, 0.05) is 37.1 Å². The fourth-order valence-electron chi connectivity index (χ4n) is 3.46. The molecule has 3 N–H and O–H groups in total. The Morgan fingerprint density at radius 2 is 1.79 bits per heavy atom. The Morgan fingerprint density at radius 3 is 2.34 bits per heavy atom. The summed E-state index contributed by atoms with van der Waals surface area (Å²) in [6, 6.07) is 12.1. The summed E-state index contributed by atoms with van der Waals surface area (Å²) in [7, 11) is 0. The lowest BCUT2D eigenvalue weighted by atomic mass is 10.1. The smallest absolute Gasteiger partial charge is 0.489 e. The average molecular weight is 561 g/mol. The number of likely N-dealkylation sites (tertiary alicyclic amines) is 1. The molecule has 9 nitrogen and oxygen atoms in total. The van der Waals surface area contributed by atoms with Crippen molar-refractivity contribution in [2.45, 2.75) is 38.7 Å². The van der Waals surface area contributed by atoms with E-state index in [1.165, 1.54) is 13.8 Å². The van der Waals surface area contributed by atoms with E-state index in [0.717, 1.165) is 18.7 Å². The SMILES string of the molecule is CC(=O)Nc1cc(C(C)=O)ccc1OCC(O)CN1CCC(Oc2ccc(Cl)cc2)C1.O=C(O)C(F)(F)F. The minimum atomic E-state index is -5.08. The van der Waals surface area contributed by atoms with Crippen molar-refractivity contribution in [1.82, 2.24) is 4.90 Å². The third-order valence-electron chi connectivity index (χ3n) is 5.18. The second kappa shape index (κ2) is 14.0. The number of nitrogens with zero attached hydrogens (tertiary/aromatic N) is 1. The summed E-state index contributed by atoms with van der Waals surface area (Å²) in [4.78, 5) is 34.1. The molecule has 1 fully saturated rings. The van der Waals surface area contributed by atoms with Crippen LogP contribution in [0, 0.1) is 0 Å². The standard InChI is InChI=1S/C23H27ClN2O5.C2HF3O2/c1-15(27)17-3-8-23(22(11-17)25-16(2)28)30-14-19(29)12-26-10-9-21(13-26)31-20-6-4-18(24)5-7-20;3-2(4,5)1(6)7/h3-8,11,19,21,29H,9-10,12-14H2,1-2H3,(H,25,28);(H,6,7). The molecule has 13 heteroatoms. The van der Waals surface area contributed by atoms with Crippen molar-refractivity contribution in [2.24, 2.45) is 0 Å². The molecular weight excluding hydrogens is 533 g/mol. The van der Waals surface area contributed by atoms with Crippen LogP contribution in [0.1, 0.15) is 30.6 Å². The van der Waals surface area contributed by atoms with Crippen molar-refractivity contribution < 1.29 is 47.2 Å². The van der Waals surface area contributed by atoms with E-state index >= 15 is 0 Å². The molecule has 38 heavy (non-hydrogen) atoms. The summed E-state index contributed by atoms with van der Waals surface area (Å²) in [6.07, 6.45) is -4.87. The molecule has 1 aliphatic rings. The maximum absolute atomic E-state index is 11.6. The summed E-state index contributed by atoms with van der Waals surface area (Å²) < 4.78 is 43.4. The Bertz CT molecular complexity index is 1110. The number of hydrogen-bond donors (Lipinski definition) is 3. The molecule has 2 atom stereocenters. The fraction of sp³-hybridized carbons (Fsp3) is 0.400. The molecule has 208 valence electrons. The Kier molecular flexibility index (Phi) is 11.4. The number of ether oxygens (including phenoxy) is 2. The second-order valence-corrected chi connectivity index (χ2v) is 8.89. The van der Waals surface area contributed by atoms with Gasteiger partial charge in [0.25, 0.3) is 0 Å². The number of carbonyl (C=O) groups excluding carboxylic acids is 2. The number of anilines is 1. The molecule has 0 aliphatic carbocycles. The normalized spacial score (nSPS) is 16.1. The molecule has 2 unspecified atom stereocenters. The van der Waals surface area contributed by atoms with Crippen LogP contribution in [-0.2, 0) is 9.59 Å². The van der Waals surface area contributed by atoms with Gasteiger partial charge in [0.2, 0.25) is 5.91 Å². The van der Waals surface area contributed by atoms with Gasteiger partial charge in [-0.15, -0.1) is 0 Å². The molecule has 0 saturated carbocycles. The number of carbonyl (C=O) groups is 3. The number of nitrogens with one attached hydrogen (secondary N) is 1. The average Bonchev–Trinajstić information content (AvgIpc) is 3.25. The number of benzene rings is 2. The van der Waals surface area contributed by atoms with Crippen LogP contribution in [0.15, 0.2) is 42.5 Å². The highest BCUT2D eigenvalue weighted by atomic mass is 35.5. The van der Waals surface area contributed by atoms with Crippen LogP contribution in [0.25, 0.3) is 0 Å². The van der Waals surface area contributed by atoms with Gasteiger partial charge in [-0.3, -0.25) is 14.5 Å². The Labute approximate surface area is 222 Å². The number of amides is 1. The van der Waals surface area contributed by atoms with E-state index in [2.05, 4.69) is 10.2 Å². The number of Topliss-reactive ketones (excluding diaryl/α,β-unsaturated/α-hetero) is 1. The first-order valence-corrected chi connectivity index (χ1v) is 11.8. The number of aliphatic hydroxyl groups excluding tert-OH is 1. The van der Waals surface area contributed by atoms with Gasteiger partial charge in [-0.2, -0.15) is 13.2 Å². The van der Waals surface area contributed by atoms with Crippen molar-refractivity contribution in [2.75, 3.05) is 31.6 Å². The monoisotopic (exact) mass is 560 g/mol. The summed E-state index contributed by atoms with van der Waals surface area (Å²) >= 11 is 5.90. The van der Waals surface area contributed by atoms with Gasteiger partial charge in [0.15, 0.2) is 5.78 Å². The van der Waals surface area contributed by atoms with Crippen molar-refractivity contribution >= 4 is 34.9 Å². The summed E-state index contributed by atoms with van der Waals surface area (Å²) in [5.74, 6) is -1.95. The largest absolute Gasteiger partial charge is 0.490 e. The highest BCUT2D eigenvalue weighted by Crippen LogP contribution is 2.27. The first-order valence-electron chi connectivity index (χ1n) is 11.4. The number of aliphatic carboxylic acids is 1. The Hall–Kier alpha value is -3.35. The van der Waals surface area contributed by atoms with Crippen LogP contribution in [0.4, 0.5) is 18.9 Å². The topological polar surface area (TPSA) is 125 Å². The lowest BCUT2D eigenvalue weighted by molar-refractivity contribution is -0.192. The van der Waals surface area contributed by atoms with E-state index in [1.54, 1.807) is 30.3 Å². The third-order valence-corrected chi connectivity index (χ3v) is 5.44. The van der Waals surface area contributed by atoms with Crippen molar-refractivity contribution in [3.8, 4) is 11.5 Å². The van der Waals surface area contributed by atoms with Crippen molar-refractivity contribution in [3.05, 3.63) is 53.1 Å². The number of carboxylic acid groups (broad SMARTS) is 1. The van der Waals surface area contributed by atoms with Crippen LogP contribution in [-0.4, -0.2) is 77.4 Å². The van der Waals surface area contributed by atoms with Crippen LogP contribution in [0.5, 0.6) is 11.5 Å². The minimum Gasteiger partial charge on any atom is -0.489 e. The molecule has 0 bridgehead atoms. The Balaban J connectivity index is 0.000000638. The fourth-order valence-corrected chi connectivity index (χ4v) is 3.59. The predicted molar refractivity (Wildman–Crippen MR) is 133 cm³/mol. The van der Waals surface area contributed by atoms with E-state index in [4.69, 9.17) is 31.0 Å². The quantitative estimate of drug-likeness (QED) is 0.393. The zero-order valence-electron chi connectivity index (χ0n) is 20.6. The van der Waals surface area contributed by atoms with Crippen molar-refractivity contribution in [3.63, 3.8) is 0 Å². The van der Waals surface area contributed by atoms with Gasteiger partial charge in [0.1, 0.15) is 30.3 Å². The van der Waals surface area contributed by atoms with Crippen LogP contribution in [0.2, 0.25) is 5.02 Å². The maximum atomic E-state index is 11.6. The highest BCUT2D eigenvalue weighted by molar-refractivity contribution is 6.30. The second-order valence-electron chi connectivity index (χ2n) is 8.46. The lowest BCUT2D eigenvalue weighted by Gasteiger charge is -2.21. The first kappa shape index (κ1) is 30.9. The van der Waals surface area contributed by atoms with E-state index in [-0.39, 0.29) is 24.4 Å². The summed E-state index contributed by atoms with van der Waals surface area (Å²) in [6.45, 7) is 4.88. The molecule has 0 aromatic heterocycles. The molecule has 2 aromatic carbocycles. The number of carboxylic acids is 1. The number of rotatable bonds is 9. The van der Waals surface area contributed by atoms with E-state index in [9.17, 15) is 27.9 Å². The molecule has 0 radical (unpaired) electrons. The molecule has 2 aromatic rings. The van der Waals surface area contributed by atoms with Gasteiger partial charge in [-0.1, -0.05) is 11.6 Å².